The summed E-state index contributed by atoms with van der Waals surface area (Å²) >= 11 is 0. The summed E-state index contributed by atoms with van der Waals surface area (Å²) in [6.45, 7) is 6.05. The van der Waals surface area contributed by atoms with E-state index >= 15 is 0 Å². The third-order valence-corrected chi connectivity index (χ3v) is 3.45. The van der Waals surface area contributed by atoms with E-state index < -0.39 is 0 Å². The maximum Gasteiger partial charge on any atom is 0.257 e. The fourth-order valence-electron chi connectivity index (χ4n) is 1.88. The van der Waals surface area contributed by atoms with E-state index in [0.29, 0.717) is 11.3 Å². The number of hydrogen-bond acceptors (Lipinski definition) is 3. The number of pyridine rings is 1. The van der Waals surface area contributed by atoms with Gasteiger partial charge in [0.1, 0.15) is 11.8 Å². The second kappa shape index (κ2) is 5.54. The van der Waals surface area contributed by atoms with Gasteiger partial charge in [0.25, 0.3) is 5.91 Å². The molecule has 0 fully saturated rings. The zero-order valence-corrected chi connectivity index (χ0v) is 11.7. The van der Waals surface area contributed by atoms with E-state index in [9.17, 15) is 4.79 Å². The van der Waals surface area contributed by atoms with Gasteiger partial charge in [-0.1, -0.05) is 6.07 Å². The molecular formula is C16H15N3O. The number of anilines is 1. The Labute approximate surface area is 118 Å². The predicted molar refractivity (Wildman–Crippen MR) is 77.6 cm³/mol. The molecule has 1 aromatic carbocycles. The highest BCUT2D eigenvalue weighted by Crippen LogP contribution is 2.22. The summed E-state index contributed by atoms with van der Waals surface area (Å²) in [5, 5.41) is 11.6. The van der Waals surface area contributed by atoms with E-state index in [2.05, 4.69) is 10.3 Å². The first-order chi connectivity index (χ1) is 9.52. The SMILES string of the molecule is Cc1ccc(NC(=O)c2ccc(C#N)nc2)c(C)c1C. The van der Waals surface area contributed by atoms with Gasteiger partial charge >= 0.3 is 0 Å². The lowest BCUT2D eigenvalue weighted by Gasteiger charge is -2.12. The Morgan fingerprint density at radius 2 is 1.90 bits per heavy atom. The number of nitrogens with zero attached hydrogens (tertiary/aromatic N) is 2. The van der Waals surface area contributed by atoms with Gasteiger partial charge in [0.15, 0.2) is 0 Å². The Morgan fingerprint density at radius 1 is 1.15 bits per heavy atom. The van der Waals surface area contributed by atoms with E-state index in [0.717, 1.165) is 11.3 Å². The monoisotopic (exact) mass is 265 g/mol. The summed E-state index contributed by atoms with van der Waals surface area (Å²) in [5.74, 6) is -0.228. The molecule has 0 atom stereocenters. The number of aryl methyl sites for hydroxylation is 1. The number of benzene rings is 1. The zero-order chi connectivity index (χ0) is 14.7. The van der Waals surface area contributed by atoms with Crippen LogP contribution in [-0.4, -0.2) is 10.9 Å². The minimum Gasteiger partial charge on any atom is -0.322 e. The quantitative estimate of drug-likeness (QED) is 0.907. The van der Waals surface area contributed by atoms with Crippen molar-refractivity contribution in [2.24, 2.45) is 0 Å². The van der Waals surface area contributed by atoms with Crippen LogP contribution in [0.2, 0.25) is 0 Å². The topological polar surface area (TPSA) is 65.8 Å². The highest BCUT2D eigenvalue weighted by molar-refractivity contribution is 6.04. The molecule has 2 rings (SSSR count). The summed E-state index contributed by atoms with van der Waals surface area (Å²) in [5.41, 5.74) is 4.94. The molecule has 0 aliphatic heterocycles. The summed E-state index contributed by atoms with van der Waals surface area (Å²) in [7, 11) is 0. The molecule has 2 aromatic rings. The second-order valence-corrected chi connectivity index (χ2v) is 4.68. The predicted octanol–water partition coefficient (Wildman–Crippen LogP) is 3.13. The van der Waals surface area contributed by atoms with Crippen molar-refractivity contribution in [3.63, 3.8) is 0 Å². The van der Waals surface area contributed by atoms with E-state index in [1.807, 2.05) is 39.0 Å². The Hall–Kier alpha value is -2.67. The number of hydrogen-bond donors (Lipinski definition) is 1. The maximum absolute atomic E-state index is 12.1. The van der Waals surface area contributed by atoms with Crippen LogP contribution in [0.15, 0.2) is 30.5 Å². The van der Waals surface area contributed by atoms with Crippen molar-refractivity contribution in [1.29, 1.82) is 5.26 Å². The molecule has 0 saturated heterocycles. The van der Waals surface area contributed by atoms with Gasteiger partial charge in [0.2, 0.25) is 0 Å². The molecule has 20 heavy (non-hydrogen) atoms. The van der Waals surface area contributed by atoms with Crippen LogP contribution in [0.3, 0.4) is 0 Å². The van der Waals surface area contributed by atoms with E-state index in [1.165, 1.54) is 23.4 Å². The molecule has 0 unspecified atom stereocenters. The van der Waals surface area contributed by atoms with Gasteiger partial charge in [0.05, 0.1) is 5.56 Å². The molecule has 0 aliphatic carbocycles. The van der Waals surface area contributed by atoms with Crippen LogP contribution in [-0.2, 0) is 0 Å². The first kappa shape index (κ1) is 13.8. The molecule has 0 radical (unpaired) electrons. The molecule has 1 heterocycles. The minimum absolute atomic E-state index is 0.228. The number of nitriles is 1. The van der Waals surface area contributed by atoms with Gasteiger partial charge < -0.3 is 5.32 Å². The van der Waals surface area contributed by atoms with Gasteiger partial charge in [-0.2, -0.15) is 5.26 Å². The molecule has 4 nitrogen and oxygen atoms in total. The molecule has 0 spiro atoms. The number of rotatable bonds is 2. The molecule has 0 bridgehead atoms. The number of carbonyl (C=O) groups is 1. The van der Waals surface area contributed by atoms with Crippen molar-refractivity contribution < 1.29 is 4.79 Å². The lowest BCUT2D eigenvalue weighted by Crippen LogP contribution is -2.13. The normalized spacial score (nSPS) is 9.90. The lowest BCUT2D eigenvalue weighted by molar-refractivity contribution is 0.102. The fraction of sp³-hybridized carbons (Fsp3) is 0.188. The smallest absolute Gasteiger partial charge is 0.257 e. The third-order valence-electron chi connectivity index (χ3n) is 3.45. The first-order valence-corrected chi connectivity index (χ1v) is 6.27. The third kappa shape index (κ3) is 2.67. The lowest BCUT2D eigenvalue weighted by atomic mass is 10.0. The molecule has 4 heteroatoms. The molecule has 0 aliphatic rings. The Bertz CT molecular complexity index is 697. The number of carbonyl (C=O) groups excluding carboxylic acids is 1. The van der Waals surface area contributed by atoms with Crippen molar-refractivity contribution in [3.05, 3.63) is 58.4 Å². The molecule has 0 saturated carbocycles. The van der Waals surface area contributed by atoms with E-state index in [-0.39, 0.29) is 5.91 Å². The average molecular weight is 265 g/mol. The minimum atomic E-state index is -0.228. The molecule has 1 amide bonds. The summed E-state index contributed by atoms with van der Waals surface area (Å²) < 4.78 is 0. The zero-order valence-electron chi connectivity index (χ0n) is 11.7. The van der Waals surface area contributed by atoms with Crippen molar-refractivity contribution in [2.45, 2.75) is 20.8 Å². The van der Waals surface area contributed by atoms with Crippen LogP contribution in [0.25, 0.3) is 0 Å². The maximum atomic E-state index is 12.1. The van der Waals surface area contributed by atoms with Crippen molar-refractivity contribution >= 4 is 11.6 Å². The summed E-state index contributed by atoms with van der Waals surface area (Å²) in [4.78, 5) is 16.0. The first-order valence-electron chi connectivity index (χ1n) is 6.27. The van der Waals surface area contributed by atoms with Crippen molar-refractivity contribution in [2.75, 3.05) is 5.32 Å². The van der Waals surface area contributed by atoms with Gasteiger partial charge in [-0.05, 0) is 55.7 Å². The van der Waals surface area contributed by atoms with Gasteiger partial charge in [-0.25, -0.2) is 4.98 Å². The molecule has 100 valence electrons. The highest BCUT2D eigenvalue weighted by atomic mass is 16.1. The number of nitrogens with one attached hydrogen (secondary N) is 1. The van der Waals surface area contributed by atoms with E-state index in [1.54, 1.807) is 6.07 Å². The second-order valence-electron chi connectivity index (χ2n) is 4.68. The number of amides is 1. The molecule has 1 aromatic heterocycles. The Morgan fingerprint density at radius 3 is 2.50 bits per heavy atom. The molecule has 1 N–H and O–H groups in total. The van der Waals surface area contributed by atoms with Crippen LogP contribution in [0.1, 0.15) is 32.7 Å². The van der Waals surface area contributed by atoms with Gasteiger partial charge in [-0.15, -0.1) is 0 Å². The van der Waals surface area contributed by atoms with Crippen LogP contribution < -0.4 is 5.32 Å². The van der Waals surface area contributed by atoms with E-state index in [4.69, 9.17) is 5.26 Å². The summed E-state index contributed by atoms with van der Waals surface area (Å²) in [6.07, 6.45) is 1.41. The highest BCUT2D eigenvalue weighted by Gasteiger charge is 2.10. The van der Waals surface area contributed by atoms with Crippen LogP contribution in [0.5, 0.6) is 0 Å². The fourth-order valence-corrected chi connectivity index (χ4v) is 1.88. The van der Waals surface area contributed by atoms with Crippen LogP contribution in [0.4, 0.5) is 5.69 Å². The van der Waals surface area contributed by atoms with Crippen molar-refractivity contribution in [3.8, 4) is 6.07 Å². The van der Waals surface area contributed by atoms with Gasteiger partial charge in [-0.3, -0.25) is 4.79 Å². The van der Waals surface area contributed by atoms with Crippen LogP contribution in [0, 0.1) is 32.1 Å². The molecular weight excluding hydrogens is 250 g/mol. The Balaban J connectivity index is 2.23. The Kier molecular flexibility index (Phi) is 3.81. The summed E-state index contributed by atoms with van der Waals surface area (Å²) in [6, 6.07) is 8.92. The number of aromatic nitrogens is 1. The standard InChI is InChI=1S/C16H15N3O/c1-10-4-7-15(12(3)11(10)2)19-16(20)13-5-6-14(8-17)18-9-13/h4-7,9H,1-3H3,(H,19,20). The van der Waals surface area contributed by atoms with Crippen molar-refractivity contribution in [1.82, 2.24) is 4.98 Å². The largest absolute Gasteiger partial charge is 0.322 e. The average Bonchev–Trinajstić information content (AvgIpc) is 2.48. The van der Waals surface area contributed by atoms with Gasteiger partial charge in [0, 0.05) is 11.9 Å². The van der Waals surface area contributed by atoms with Crippen LogP contribution >= 0.6 is 0 Å².